The van der Waals surface area contributed by atoms with Crippen molar-refractivity contribution in [3.63, 3.8) is 0 Å². The molecule has 0 atom stereocenters. The molecule has 0 aliphatic heterocycles. The minimum absolute atomic E-state index is 0.0161. The van der Waals surface area contributed by atoms with Gasteiger partial charge < -0.3 is 14.6 Å². The molecular weight excluding hydrogens is 374 g/mol. The van der Waals surface area contributed by atoms with E-state index < -0.39 is 10.8 Å². The molecule has 3 rings (SSSR count). The molecule has 0 fully saturated rings. The molecule has 0 saturated heterocycles. The molecule has 0 spiro atoms. The molecule has 0 unspecified atom stereocenters. The summed E-state index contributed by atoms with van der Waals surface area (Å²) in [5.74, 6) is 0.653. The highest BCUT2D eigenvalue weighted by Gasteiger charge is 2.16. The van der Waals surface area contributed by atoms with Gasteiger partial charge in [-0.3, -0.25) is 14.9 Å². The SMILES string of the molecule is COc1cccc(-c2cc(CNC(=O)c3cc([N+](=O)[O-])ccc3Cl)no2)c1. The first kappa shape index (κ1) is 18.4. The second kappa shape index (κ2) is 7.88. The number of hydrogen-bond donors (Lipinski definition) is 1. The summed E-state index contributed by atoms with van der Waals surface area (Å²) in [6.07, 6.45) is 0. The number of benzene rings is 2. The lowest BCUT2D eigenvalue weighted by molar-refractivity contribution is -0.384. The van der Waals surface area contributed by atoms with Crippen molar-refractivity contribution < 1.29 is 19.0 Å². The lowest BCUT2D eigenvalue weighted by Gasteiger charge is -2.05. The van der Waals surface area contributed by atoms with E-state index in [1.807, 2.05) is 18.2 Å². The van der Waals surface area contributed by atoms with Gasteiger partial charge in [-0.2, -0.15) is 0 Å². The minimum atomic E-state index is -0.592. The Bertz CT molecular complexity index is 1000. The summed E-state index contributed by atoms with van der Waals surface area (Å²) in [6, 6.07) is 12.6. The number of nitrogens with zero attached hydrogens (tertiary/aromatic N) is 2. The van der Waals surface area contributed by atoms with E-state index in [-0.39, 0.29) is 22.8 Å². The van der Waals surface area contributed by atoms with Crippen LogP contribution in [0, 0.1) is 10.1 Å². The van der Waals surface area contributed by atoms with Crippen LogP contribution in [0.5, 0.6) is 5.75 Å². The van der Waals surface area contributed by atoms with E-state index in [4.69, 9.17) is 20.9 Å². The van der Waals surface area contributed by atoms with Crippen LogP contribution in [0.4, 0.5) is 5.69 Å². The van der Waals surface area contributed by atoms with E-state index in [9.17, 15) is 14.9 Å². The number of aromatic nitrogens is 1. The first-order valence-corrected chi connectivity index (χ1v) is 8.18. The van der Waals surface area contributed by atoms with Gasteiger partial charge in [0, 0.05) is 23.8 Å². The number of carbonyl (C=O) groups excluding carboxylic acids is 1. The molecule has 27 heavy (non-hydrogen) atoms. The highest BCUT2D eigenvalue weighted by atomic mass is 35.5. The summed E-state index contributed by atoms with van der Waals surface area (Å²) >= 11 is 5.96. The number of hydrogen-bond acceptors (Lipinski definition) is 6. The van der Waals surface area contributed by atoms with Crippen LogP contribution in [0.2, 0.25) is 5.02 Å². The third-order valence-electron chi connectivity index (χ3n) is 3.75. The van der Waals surface area contributed by atoms with Crippen LogP contribution in [0.3, 0.4) is 0 Å². The van der Waals surface area contributed by atoms with Crippen molar-refractivity contribution in [2.75, 3.05) is 7.11 Å². The Balaban J connectivity index is 1.70. The molecule has 8 nitrogen and oxygen atoms in total. The number of amides is 1. The first-order chi connectivity index (χ1) is 13.0. The molecule has 0 radical (unpaired) electrons. The normalized spacial score (nSPS) is 10.4. The van der Waals surface area contributed by atoms with Crippen molar-refractivity contribution in [2.24, 2.45) is 0 Å². The molecule has 3 aromatic rings. The van der Waals surface area contributed by atoms with Crippen LogP contribution in [-0.2, 0) is 6.54 Å². The number of rotatable bonds is 6. The van der Waals surface area contributed by atoms with Crippen molar-refractivity contribution in [1.82, 2.24) is 10.5 Å². The fraction of sp³-hybridized carbons (Fsp3) is 0.111. The quantitative estimate of drug-likeness (QED) is 0.508. The number of nitro groups is 1. The molecule has 2 aromatic carbocycles. The molecule has 1 aromatic heterocycles. The highest BCUT2D eigenvalue weighted by Crippen LogP contribution is 2.25. The van der Waals surface area contributed by atoms with Gasteiger partial charge in [-0.05, 0) is 18.2 Å². The third kappa shape index (κ3) is 4.24. The molecule has 9 heteroatoms. The van der Waals surface area contributed by atoms with Gasteiger partial charge in [0.2, 0.25) is 0 Å². The molecule has 0 aliphatic carbocycles. The predicted molar refractivity (Wildman–Crippen MR) is 97.8 cm³/mol. The van der Waals surface area contributed by atoms with Crippen molar-refractivity contribution in [1.29, 1.82) is 0 Å². The number of methoxy groups -OCH3 is 1. The van der Waals surface area contributed by atoms with Crippen LogP contribution < -0.4 is 10.1 Å². The van der Waals surface area contributed by atoms with Crippen LogP contribution in [-0.4, -0.2) is 23.1 Å². The zero-order chi connectivity index (χ0) is 19.4. The Labute approximate surface area is 158 Å². The molecule has 138 valence electrons. The highest BCUT2D eigenvalue weighted by molar-refractivity contribution is 6.33. The summed E-state index contributed by atoms with van der Waals surface area (Å²) in [5.41, 5.74) is 1.07. The average Bonchev–Trinajstić information content (AvgIpc) is 3.15. The third-order valence-corrected chi connectivity index (χ3v) is 4.08. The van der Waals surface area contributed by atoms with Gasteiger partial charge in [-0.25, -0.2) is 0 Å². The largest absolute Gasteiger partial charge is 0.497 e. The Kier molecular flexibility index (Phi) is 5.37. The van der Waals surface area contributed by atoms with Crippen LogP contribution in [0.25, 0.3) is 11.3 Å². The maximum atomic E-state index is 12.3. The lowest BCUT2D eigenvalue weighted by Crippen LogP contribution is -2.23. The standard InChI is InChI=1S/C18H14ClN3O5/c1-26-14-4-2-3-11(7-14)17-8-12(21-27-17)10-20-18(23)15-9-13(22(24)25)5-6-16(15)19/h2-9H,10H2,1H3,(H,20,23). The van der Waals surface area contributed by atoms with Gasteiger partial charge in [0.05, 0.1) is 29.2 Å². The monoisotopic (exact) mass is 387 g/mol. The van der Waals surface area contributed by atoms with Crippen molar-refractivity contribution >= 4 is 23.2 Å². The maximum Gasteiger partial charge on any atom is 0.270 e. The minimum Gasteiger partial charge on any atom is -0.497 e. The van der Waals surface area contributed by atoms with Crippen molar-refractivity contribution in [3.8, 4) is 17.1 Å². The van der Waals surface area contributed by atoms with Crippen LogP contribution >= 0.6 is 11.6 Å². The lowest BCUT2D eigenvalue weighted by atomic mass is 10.1. The summed E-state index contributed by atoms with van der Waals surface area (Å²) in [5, 5.41) is 17.5. The van der Waals surface area contributed by atoms with E-state index in [2.05, 4.69) is 10.5 Å². The molecule has 1 N–H and O–H groups in total. The fourth-order valence-electron chi connectivity index (χ4n) is 2.37. The van der Waals surface area contributed by atoms with E-state index in [1.54, 1.807) is 19.2 Å². The van der Waals surface area contributed by atoms with Crippen LogP contribution in [0.15, 0.2) is 53.1 Å². The molecule has 0 saturated carbocycles. The van der Waals surface area contributed by atoms with Crippen molar-refractivity contribution in [2.45, 2.75) is 6.54 Å². The molecule has 1 amide bonds. The molecular formula is C18H14ClN3O5. The summed E-state index contributed by atoms with van der Waals surface area (Å²) < 4.78 is 10.5. The predicted octanol–water partition coefficient (Wildman–Crippen LogP) is 3.84. The van der Waals surface area contributed by atoms with E-state index >= 15 is 0 Å². The van der Waals surface area contributed by atoms with Gasteiger partial charge >= 0.3 is 0 Å². The van der Waals surface area contributed by atoms with Gasteiger partial charge in [-0.15, -0.1) is 0 Å². The number of carbonyl (C=O) groups is 1. The second-order valence-electron chi connectivity index (χ2n) is 5.52. The first-order valence-electron chi connectivity index (χ1n) is 7.80. The average molecular weight is 388 g/mol. The molecule has 1 heterocycles. The number of nitro benzene ring substituents is 1. The fourth-order valence-corrected chi connectivity index (χ4v) is 2.58. The Hall–Kier alpha value is -3.39. The number of nitrogens with one attached hydrogen (secondary N) is 1. The zero-order valence-corrected chi connectivity index (χ0v) is 14.9. The number of ether oxygens (including phenoxy) is 1. The van der Waals surface area contributed by atoms with Gasteiger partial charge in [-0.1, -0.05) is 28.9 Å². The Morgan fingerprint density at radius 1 is 1.30 bits per heavy atom. The molecule has 0 aliphatic rings. The smallest absolute Gasteiger partial charge is 0.270 e. The van der Waals surface area contributed by atoms with Crippen LogP contribution in [0.1, 0.15) is 16.1 Å². The Morgan fingerprint density at radius 3 is 2.85 bits per heavy atom. The second-order valence-corrected chi connectivity index (χ2v) is 5.93. The van der Waals surface area contributed by atoms with Crippen molar-refractivity contribution in [3.05, 3.63) is 74.9 Å². The van der Waals surface area contributed by atoms with E-state index in [1.165, 1.54) is 12.1 Å². The summed E-state index contributed by atoms with van der Waals surface area (Å²) in [6.45, 7) is 0.0747. The van der Waals surface area contributed by atoms with Gasteiger partial charge in [0.1, 0.15) is 11.4 Å². The summed E-state index contributed by atoms with van der Waals surface area (Å²) in [4.78, 5) is 22.5. The number of non-ortho nitro benzene ring substituents is 1. The zero-order valence-electron chi connectivity index (χ0n) is 14.1. The Morgan fingerprint density at radius 2 is 2.11 bits per heavy atom. The summed E-state index contributed by atoms with van der Waals surface area (Å²) in [7, 11) is 1.57. The molecule has 0 bridgehead atoms. The topological polar surface area (TPSA) is 108 Å². The number of halogens is 1. The maximum absolute atomic E-state index is 12.3. The van der Waals surface area contributed by atoms with Gasteiger partial charge in [0.25, 0.3) is 11.6 Å². The van der Waals surface area contributed by atoms with E-state index in [0.29, 0.717) is 17.2 Å². The van der Waals surface area contributed by atoms with Gasteiger partial charge in [0.15, 0.2) is 5.76 Å². The van der Waals surface area contributed by atoms with E-state index in [0.717, 1.165) is 11.6 Å².